The number of hydrogen-bond donors (Lipinski definition) is 2. The van der Waals surface area contributed by atoms with Gasteiger partial charge in [-0.05, 0) is 64.3 Å². The molecule has 0 spiro atoms. The molecule has 0 saturated carbocycles. The third-order valence-corrected chi connectivity index (χ3v) is 4.64. The highest BCUT2D eigenvalue weighted by Crippen LogP contribution is 2.19. The van der Waals surface area contributed by atoms with Crippen LogP contribution in [0.1, 0.15) is 44.4 Å². The molecule has 0 radical (unpaired) electrons. The van der Waals surface area contributed by atoms with Crippen LogP contribution in [0, 0.1) is 13.8 Å². The second-order valence-electron chi connectivity index (χ2n) is 8.36. The summed E-state index contributed by atoms with van der Waals surface area (Å²) in [5, 5.41) is 5.57. The van der Waals surface area contributed by atoms with Gasteiger partial charge in [0.15, 0.2) is 0 Å². The molecule has 0 unspecified atom stereocenters. The predicted octanol–water partition coefficient (Wildman–Crippen LogP) is 4.74. The summed E-state index contributed by atoms with van der Waals surface area (Å²) in [5.41, 5.74) is 3.05. The number of anilines is 1. The van der Waals surface area contributed by atoms with E-state index in [4.69, 9.17) is 9.47 Å². The smallest absolute Gasteiger partial charge is 0.408 e. The number of ether oxygens (including phenoxy) is 2. The SMILES string of the molecule is Cc1cccc(NC(=O)[C@@H](NC(=O)OC(C)(C)C)[C@@H](C)OCc2ccccc2)c1C. The minimum Gasteiger partial charge on any atom is -0.444 e. The molecule has 30 heavy (non-hydrogen) atoms. The van der Waals surface area contributed by atoms with Gasteiger partial charge in [-0.3, -0.25) is 4.79 Å². The van der Waals surface area contributed by atoms with E-state index < -0.39 is 23.8 Å². The molecule has 2 amide bonds. The van der Waals surface area contributed by atoms with Gasteiger partial charge in [-0.15, -0.1) is 0 Å². The lowest BCUT2D eigenvalue weighted by atomic mass is 10.1. The Morgan fingerprint density at radius 1 is 1.00 bits per heavy atom. The van der Waals surface area contributed by atoms with E-state index in [9.17, 15) is 9.59 Å². The lowest BCUT2D eigenvalue weighted by Gasteiger charge is -2.27. The fraction of sp³-hybridized carbons (Fsp3) is 0.417. The Bertz CT molecular complexity index is 859. The van der Waals surface area contributed by atoms with E-state index in [2.05, 4.69) is 10.6 Å². The molecule has 0 aliphatic carbocycles. The van der Waals surface area contributed by atoms with Crippen LogP contribution >= 0.6 is 0 Å². The van der Waals surface area contributed by atoms with E-state index in [-0.39, 0.29) is 5.91 Å². The zero-order valence-corrected chi connectivity index (χ0v) is 18.6. The van der Waals surface area contributed by atoms with Crippen LogP contribution in [0.4, 0.5) is 10.5 Å². The molecule has 2 rings (SSSR count). The Kier molecular flexibility index (Phi) is 8.00. The van der Waals surface area contributed by atoms with E-state index in [0.717, 1.165) is 16.7 Å². The van der Waals surface area contributed by atoms with E-state index in [1.165, 1.54) is 0 Å². The van der Waals surface area contributed by atoms with E-state index >= 15 is 0 Å². The van der Waals surface area contributed by atoms with Crippen LogP contribution in [-0.2, 0) is 20.9 Å². The molecule has 6 nitrogen and oxygen atoms in total. The summed E-state index contributed by atoms with van der Waals surface area (Å²) >= 11 is 0. The molecule has 0 bridgehead atoms. The summed E-state index contributed by atoms with van der Waals surface area (Å²) < 4.78 is 11.2. The summed E-state index contributed by atoms with van der Waals surface area (Å²) in [6.07, 6.45) is -1.25. The summed E-state index contributed by atoms with van der Waals surface area (Å²) in [6.45, 7) is 11.3. The molecular formula is C24H32N2O4. The van der Waals surface area contributed by atoms with Crippen LogP contribution in [0.25, 0.3) is 0 Å². The van der Waals surface area contributed by atoms with Crippen molar-refractivity contribution in [2.45, 2.75) is 65.9 Å². The fourth-order valence-electron chi connectivity index (χ4n) is 2.83. The van der Waals surface area contributed by atoms with Gasteiger partial charge in [0.05, 0.1) is 12.7 Å². The highest BCUT2D eigenvalue weighted by Gasteiger charge is 2.30. The summed E-state index contributed by atoms with van der Waals surface area (Å²) in [7, 11) is 0. The number of alkyl carbamates (subject to hydrolysis) is 1. The van der Waals surface area contributed by atoms with Gasteiger partial charge in [-0.1, -0.05) is 42.5 Å². The monoisotopic (exact) mass is 412 g/mol. The van der Waals surface area contributed by atoms with Gasteiger partial charge in [0.1, 0.15) is 11.6 Å². The van der Waals surface area contributed by atoms with Crippen molar-refractivity contribution in [1.29, 1.82) is 0 Å². The zero-order valence-electron chi connectivity index (χ0n) is 18.6. The molecule has 0 fully saturated rings. The van der Waals surface area contributed by atoms with Gasteiger partial charge in [-0.2, -0.15) is 0 Å². The maximum atomic E-state index is 13.1. The lowest BCUT2D eigenvalue weighted by molar-refractivity contribution is -0.122. The number of benzene rings is 2. The van der Waals surface area contributed by atoms with Gasteiger partial charge in [-0.25, -0.2) is 4.79 Å². The second kappa shape index (κ2) is 10.3. The molecule has 2 N–H and O–H groups in total. The maximum absolute atomic E-state index is 13.1. The summed E-state index contributed by atoms with van der Waals surface area (Å²) in [5.74, 6) is -0.366. The molecule has 0 aliphatic rings. The zero-order chi connectivity index (χ0) is 22.3. The van der Waals surface area contributed by atoms with Crippen molar-refractivity contribution in [1.82, 2.24) is 5.32 Å². The van der Waals surface area contributed by atoms with Crippen LogP contribution < -0.4 is 10.6 Å². The van der Waals surface area contributed by atoms with Crippen molar-refractivity contribution in [3.63, 3.8) is 0 Å². The molecule has 0 aromatic heterocycles. The van der Waals surface area contributed by atoms with Crippen molar-refractivity contribution >= 4 is 17.7 Å². The largest absolute Gasteiger partial charge is 0.444 e. The summed E-state index contributed by atoms with van der Waals surface area (Å²) in [6, 6.07) is 14.4. The third-order valence-electron chi connectivity index (χ3n) is 4.64. The van der Waals surface area contributed by atoms with Gasteiger partial charge in [0.2, 0.25) is 5.91 Å². The van der Waals surface area contributed by atoms with Crippen molar-refractivity contribution in [2.75, 3.05) is 5.32 Å². The Hall–Kier alpha value is -2.86. The normalized spacial score (nSPS) is 13.3. The number of nitrogens with one attached hydrogen (secondary N) is 2. The van der Waals surface area contributed by atoms with Crippen molar-refractivity contribution in [3.8, 4) is 0 Å². The number of rotatable bonds is 7. The molecular weight excluding hydrogens is 380 g/mol. The average molecular weight is 413 g/mol. The molecule has 0 aliphatic heterocycles. The highest BCUT2D eigenvalue weighted by atomic mass is 16.6. The lowest BCUT2D eigenvalue weighted by Crippen LogP contribution is -2.52. The van der Waals surface area contributed by atoms with Crippen LogP contribution in [0.15, 0.2) is 48.5 Å². The minimum absolute atomic E-state index is 0.325. The molecule has 162 valence electrons. The Balaban J connectivity index is 2.15. The Labute approximate surface area is 179 Å². The van der Waals surface area contributed by atoms with Crippen LogP contribution in [0.3, 0.4) is 0 Å². The number of amides is 2. The fourth-order valence-corrected chi connectivity index (χ4v) is 2.83. The highest BCUT2D eigenvalue weighted by molar-refractivity contribution is 5.97. The van der Waals surface area contributed by atoms with Crippen molar-refractivity contribution in [3.05, 3.63) is 65.2 Å². The van der Waals surface area contributed by atoms with Gasteiger partial charge in [0.25, 0.3) is 0 Å². The second-order valence-corrected chi connectivity index (χ2v) is 8.36. The average Bonchev–Trinajstić information content (AvgIpc) is 2.67. The first-order valence-corrected chi connectivity index (χ1v) is 10.1. The van der Waals surface area contributed by atoms with Crippen LogP contribution in [0.2, 0.25) is 0 Å². The van der Waals surface area contributed by atoms with Gasteiger partial charge in [0, 0.05) is 5.69 Å². The number of carbonyl (C=O) groups is 2. The number of carbonyl (C=O) groups excluding carboxylic acids is 2. The quantitative estimate of drug-likeness (QED) is 0.689. The van der Waals surface area contributed by atoms with Crippen LogP contribution in [-0.4, -0.2) is 29.7 Å². The van der Waals surface area contributed by atoms with E-state index in [0.29, 0.717) is 12.3 Å². The first kappa shape index (κ1) is 23.4. The molecule has 2 atom stereocenters. The Morgan fingerprint density at radius 3 is 2.30 bits per heavy atom. The molecule has 6 heteroatoms. The molecule has 0 heterocycles. The van der Waals surface area contributed by atoms with Crippen molar-refractivity contribution in [2.24, 2.45) is 0 Å². The molecule has 2 aromatic carbocycles. The third kappa shape index (κ3) is 7.19. The topological polar surface area (TPSA) is 76.7 Å². The van der Waals surface area contributed by atoms with E-state index in [1.807, 2.05) is 62.4 Å². The first-order chi connectivity index (χ1) is 14.1. The minimum atomic E-state index is -0.927. The number of aryl methyl sites for hydroxylation is 1. The standard InChI is InChI=1S/C24H32N2O4/c1-16-11-10-14-20(17(16)2)25-22(27)21(26-23(28)30-24(4,5)6)18(3)29-15-19-12-8-7-9-13-19/h7-14,18,21H,15H2,1-6H3,(H,25,27)(H,26,28)/t18-,21+/m1/s1. The number of hydrogen-bond acceptors (Lipinski definition) is 4. The predicted molar refractivity (Wildman–Crippen MR) is 118 cm³/mol. The maximum Gasteiger partial charge on any atom is 0.408 e. The van der Waals surface area contributed by atoms with E-state index in [1.54, 1.807) is 27.7 Å². The van der Waals surface area contributed by atoms with Crippen LogP contribution in [0.5, 0.6) is 0 Å². The summed E-state index contributed by atoms with van der Waals surface area (Å²) in [4.78, 5) is 25.4. The van der Waals surface area contributed by atoms with Crippen molar-refractivity contribution < 1.29 is 19.1 Å². The molecule has 0 saturated heterocycles. The first-order valence-electron chi connectivity index (χ1n) is 10.1. The molecule has 2 aromatic rings. The van der Waals surface area contributed by atoms with Gasteiger partial charge < -0.3 is 20.1 Å². The van der Waals surface area contributed by atoms with Gasteiger partial charge >= 0.3 is 6.09 Å². The Morgan fingerprint density at radius 2 is 1.67 bits per heavy atom.